The van der Waals surface area contributed by atoms with Crippen molar-refractivity contribution in [1.82, 2.24) is 0 Å². The quantitative estimate of drug-likeness (QED) is 0.176. The van der Waals surface area contributed by atoms with Crippen LogP contribution in [0.4, 0.5) is 5.69 Å². The van der Waals surface area contributed by atoms with Gasteiger partial charge in [-0.15, -0.1) is 0 Å². The minimum Gasteiger partial charge on any atom is -0.454 e. The van der Waals surface area contributed by atoms with E-state index in [0.29, 0.717) is 16.8 Å². The van der Waals surface area contributed by atoms with Crippen LogP contribution in [-0.4, -0.2) is 0 Å². The summed E-state index contributed by atoms with van der Waals surface area (Å²) in [6.45, 7) is 19.2. The summed E-state index contributed by atoms with van der Waals surface area (Å²) in [5, 5.41) is 12.2. The van der Waals surface area contributed by atoms with Gasteiger partial charge in [-0.3, -0.25) is 0 Å². The molecule has 0 radical (unpaired) electrons. The smallest absolute Gasteiger partial charge is 0.216 e. The lowest BCUT2D eigenvalue weighted by Gasteiger charge is -2.43. The second-order valence-corrected chi connectivity index (χ2v) is 12.2. The number of aromatic nitrogens is 1. The van der Waals surface area contributed by atoms with Crippen molar-refractivity contribution in [2.45, 2.75) is 58.3 Å². The third-order valence-corrected chi connectivity index (χ3v) is 8.76. The Labute approximate surface area is 230 Å². The molecule has 0 saturated carbocycles. The van der Waals surface area contributed by atoms with E-state index in [1.807, 2.05) is 43.6 Å². The van der Waals surface area contributed by atoms with Crippen molar-refractivity contribution in [2.75, 3.05) is 0 Å². The number of nitrogens with zero attached hydrogens (tertiary/aromatic N) is 3. The number of benzene rings is 3. The maximum absolute atomic E-state index is 10.2. The van der Waals surface area contributed by atoms with Gasteiger partial charge in [-0.1, -0.05) is 45.9 Å². The largest absolute Gasteiger partial charge is 0.454 e. The first-order valence-electron chi connectivity index (χ1n) is 13.5. The van der Waals surface area contributed by atoms with E-state index in [9.17, 15) is 5.26 Å². The Morgan fingerprint density at radius 3 is 2.31 bits per heavy atom. The number of hydrogen-bond acceptors (Lipinski definition) is 2. The number of furan rings is 1. The van der Waals surface area contributed by atoms with Crippen molar-refractivity contribution < 1.29 is 8.98 Å². The molecule has 0 fully saturated rings. The maximum atomic E-state index is 10.2. The number of pyridine rings is 1. The molecule has 5 aromatic rings. The number of rotatable bonds is 2. The lowest BCUT2D eigenvalue weighted by molar-refractivity contribution is -0.660. The molecule has 3 aromatic carbocycles. The van der Waals surface area contributed by atoms with E-state index in [1.54, 1.807) is 0 Å². The molecule has 1 aliphatic rings. The van der Waals surface area contributed by atoms with E-state index in [4.69, 9.17) is 11.0 Å². The summed E-state index contributed by atoms with van der Waals surface area (Å²) in [6.07, 6.45) is 4.12. The van der Waals surface area contributed by atoms with Crippen LogP contribution < -0.4 is 4.57 Å². The monoisotopic (exact) mass is 510 g/mol. The Hall–Kier alpha value is -4.41. The number of aryl methyl sites for hydroxylation is 2. The summed E-state index contributed by atoms with van der Waals surface area (Å²) in [5.41, 5.74) is 9.79. The summed E-state index contributed by atoms with van der Waals surface area (Å²) < 4.78 is 8.87. The molecule has 0 atom stereocenters. The highest BCUT2D eigenvalue weighted by Crippen LogP contribution is 2.52. The maximum Gasteiger partial charge on any atom is 0.216 e. The molecule has 0 amide bonds. The highest BCUT2D eigenvalue weighted by atomic mass is 16.3. The molecule has 0 N–H and O–H groups in total. The van der Waals surface area contributed by atoms with E-state index in [0.717, 1.165) is 62.7 Å². The minimum absolute atomic E-state index is 0.0682. The van der Waals surface area contributed by atoms with Crippen LogP contribution in [0.5, 0.6) is 0 Å². The van der Waals surface area contributed by atoms with Gasteiger partial charge in [0.05, 0.1) is 23.8 Å². The van der Waals surface area contributed by atoms with Crippen molar-refractivity contribution in [3.8, 4) is 28.5 Å². The van der Waals surface area contributed by atoms with Gasteiger partial charge in [-0.05, 0) is 77.1 Å². The van der Waals surface area contributed by atoms with Crippen LogP contribution >= 0.6 is 0 Å². The zero-order chi connectivity index (χ0) is 27.7. The molecule has 1 aliphatic carbocycles. The van der Waals surface area contributed by atoms with Crippen molar-refractivity contribution in [3.05, 3.63) is 94.5 Å². The molecule has 4 nitrogen and oxygen atoms in total. The van der Waals surface area contributed by atoms with E-state index in [-0.39, 0.29) is 10.8 Å². The molecule has 2 aromatic heterocycles. The van der Waals surface area contributed by atoms with Gasteiger partial charge < -0.3 is 4.42 Å². The van der Waals surface area contributed by atoms with Crippen LogP contribution in [0.2, 0.25) is 0 Å². The van der Waals surface area contributed by atoms with Gasteiger partial charge in [-0.25, -0.2) is 9.41 Å². The molecule has 0 unspecified atom stereocenters. The first kappa shape index (κ1) is 24.9. The van der Waals surface area contributed by atoms with E-state index in [1.165, 1.54) is 5.56 Å². The van der Waals surface area contributed by atoms with Gasteiger partial charge >= 0.3 is 0 Å². The Kier molecular flexibility index (Phi) is 5.46. The second-order valence-electron chi connectivity index (χ2n) is 12.2. The summed E-state index contributed by atoms with van der Waals surface area (Å²) in [7, 11) is 2.04. The first-order valence-corrected chi connectivity index (χ1v) is 13.5. The van der Waals surface area contributed by atoms with Gasteiger partial charge in [0.1, 0.15) is 18.2 Å². The fourth-order valence-electron chi connectivity index (χ4n) is 6.47. The van der Waals surface area contributed by atoms with Gasteiger partial charge in [0.25, 0.3) is 0 Å². The fraction of sp³-hybridized carbons (Fsp3) is 0.286. The molecule has 4 heteroatoms. The number of nitriles is 1. The predicted octanol–water partition coefficient (Wildman–Crippen LogP) is 8.82. The summed E-state index contributed by atoms with van der Waals surface area (Å²) in [4.78, 5) is 4.02. The number of hydrogen-bond donors (Lipinski definition) is 0. The topological polar surface area (TPSA) is 45.2 Å². The Bertz CT molecular complexity index is 1910. The van der Waals surface area contributed by atoms with Gasteiger partial charge in [-0.2, -0.15) is 5.26 Å². The van der Waals surface area contributed by atoms with E-state index < -0.39 is 0 Å². The van der Waals surface area contributed by atoms with Crippen molar-refractivity contribution in [1.29, 1.82) is 5.26 Å². The van der Waals surface area contributed by atoms with Crippen LogP contribution in [0.25, 0.3) is 49.2 Å². The third-order valence-electron chi connectivity index (χ3n) is 8.76. The zero-order valence-electron chi connectivity index (χ0n) is 23.4. The molecular weight excluding hydrogens is 478 g/mol. The van der Waals surface area contributed by atoms with Gasteiger partial charge in [0, 0.05) is 28.5 Å². The lowest BCUT2D eigenvalue weighted by atomic mass is 9.62. The van der Waals surface area contributed by atoms with Crippen LogP contribution in [0.1, 0.15) is 62.8 Å². The first-order chi connectivity index (χ1) is 18.6. The summed E-state index contributed by atoms with van der Waals surface area (Å²) in [5.74, 6) is 0. The Morgan fingerprint density at radius 1 is 0.923 bits per heavy atom. The highest BCUT2D eigenvalue weighted by Gasteiger charge is 2.39. The molecular formula is C35H32N3O+. The molecule has 39 heavy (non-hydrogen) atoms. The van der Waals surface area contributed by atoms with Crippen LogP contribution in [0.15, 0.2) is 65.2 Å². The number of fused-ring (bicyclic) bond motifs is 4. The van der Waals surface area contributed by atoms with Crippen molar-refractivity contribution >= 4 is 27.6 Å². The van der Waals surface area contributed by atoms with E-state index >= 15 is 0 Å². The normalized spacial score (nSPS) is 15.6. The van der Waals surface area contributed by atoms with Gasteiger partial charge in [0.2, 0.25) is 5.69 Å². The molecule has 0 aliphatic heterocycles. The SMILES string of the molecule is [C-]#[N+]c1cc(-c2c(C#N)ccc3c2oc2c(-c4cccc[n+]4C)c(C)ccc23)cc2c1C(C)(C)CCC2(C)C. The van der Waals surface area contributed by atoms with Crippen molar-refractivity contribution in [3.63, 3.8) is 0 Å². The molecule has 2 heterocycles. The van der Waals surface area contributed by atoms with Crippen molar-refractivity contribution in [2.24, 2.45) is 7.05 Å². The molecule has 192 valence electrons. The van der Waals surface area contributed by atoms with Gasteiger partial charge in [0.15, 0.2) is 11.9 Å². The standard InChI is InChI=1S/C35H32N3O/c1-21-11-13-24-25-14-12-22(20-36)30(33(25)39-32(24)29(21)28-10-8-9-17-38(28)7)23-18-26-31(27(19-23)37-6)35(4,5)16-15-34(26,2)3/h8-14,17-19H,15-16H2,1-5,7H3/q+1. The Balaban J connectivity index is 1.72. The summed E-state index contributed by atoms with van der Waals surface area (Å²) >= 11 is 0. The highest BCUT2D eigenvalue weighted by molar-refractivity contribution is 6.14. The molecule has 6 rings (SSSR count). The third kappa shape index (κ3) is 3.67. The zero-order valence-corrected chi connectivity index (χ0v) is 23.4. The average molecular weight is 511 g/mol. The van der Waals surface area contributed by atoms with Crippen LogP contribution in [0, 0.1) is 24.8 Å². The van der Waals surface area contributed by atoms with Crippen LogP contribution in [-0.2, 0) is 17.9 Å². The second kappa shape index (κ2) is 8.55. The minimum atomic E-state index is -0.0790. The van der Waals surface area contributed by atoms with Crippen LogP contribution in [0.3, 0.4) is 0 Å². The lowest BCUT2D eigenvalue weighted by Crippen LogP contribution is -2.33. The molecule has 0 spiro atoms. The Morgan fingerprint density at radius 2 is 1.62 bits per heavy atom. The average Bonchev–Trinajstić information content (AvgIpc) is 3.29. The molecule has 0 bridgehead atoms. The predicted molar refractivity (Wildman–Crippen MR) is 157 cm³/mol. The molecule has 0 saturated heterocycles. The van der Waals surface area contributed by atoms with E-state index in [2.05, 4.69) is 74.4 Å². The fourth-order valence-corrected chi connectivity index (χ4v) is 6.47. The summed E-state index contributed by atoms with van der Waals surface area (Å²) in [6, 6.07) is 20.9.